The summed E-state index contributed by atoms with van der Waals surface area (Å²) in [4.78, 5) is 18.5. The minimum Gasteiger partial charge on any atom is -0.383 e. The molecule has 0 unspecified atom stereocenters. The van der Waals surface area contributed by atoms with Crippen LogP contribution in [-0.4, -0.2) is 28.7 Å². The van der Waals surface area contributed by atoms with Crippen LogP contribution in [-0.2, 0) is 4.79 Å². The van der Waals surface area contributed by atoms with Crippen molar-refractivity contribution in [3.8, 4) is 0 Å². The maximum atomic E-state index is 10.5. The standard InChI is InChI=1S/C7H11N5OS/c1-14-7-11-4(8)2-6(12-7)10-3-5(9)13/h2H,3H2,1H3,(H2,9,13)(H3,8,10,11,12). The van der Waals surface area contributed by atoms with Gasteiger partial charge in [0, 0.05) is 6.07 Å². The molecular formula is C7H11N5OS. The monoisotopic (exact) mass is 213 g/mol. The first-order chi connectivity index (χ1) is 6.61. The van der Waals surface area contributed by atoms with Crippen LogP contribution in [0.3, 0.4) is 0 Å². The molecule has 1 amide bonds. The van der Waals surface area contributed by atoms with Gasteiger partial charge in [-0.05, 0) is 6.26 Å². The van der Waals surface area contributed by atoms with E-state index >= 15 is 0 Å². The molecule has 1 aromatic rings. The molecule has 1 aromatic heterocycles. The molecule has 0 bridgehead atoms. The summed E-state index contributed by atoms with van der Waals surface area (Å²) in [5.74, 6) is 0.407. The van der Waals surface area contributed by atoms with E-state index < -0.39 is 5.91 Å². The van der Waals surface area contributed by atoms with Gasteiger partial charge < -0.3 is 16.8 Å². The Hall–Kier alpha value is -1.50. The maximum Gasteiger partial charge on any atom is 0.236 e. The van der Waals surface area contributed by atoms with Gasteiger partial charge in [-0.3, -0.25) is 4.79 Å². The molecule has 0 saturated carbocycles. The van der Waals surface area contributed by atoms with Crippen LogP contribution in [0.2, 0.25) is 0 Å². The van der Waals surface area contributed by atoms with Crippen LogP contribution in [0, 0.1) is 0 Å². The number of rotatable bonds is 4. The summed E-state index contributed by atoms with van der Waals surface area (Å²) in [6, 6.07) is 1.54. The molecule has 0 aliphatic heterocycles. The number of nitrogens with two attached hydrogens (primary N) is 2. The molecule has 7 heteroatoms. The van der Waals surface area contributed by atoms with Gasteiger partial charge in [-0.25, -0.2) is 9.97 Å². The molecule has 0 aliphatic rings. The Morgan fingerprint density at radius 1 is 1.64 bits per heavy atom. The number of primary amides is 1. The van der Waals surface area contributed by atoms with Gasteiger partial charge in [-0.2, -0.15) is 0 Å². The van der Waals surface area contributed by atoms with E-state index in [2.05, 4.69) is 15.3 Å². The summed E-state index contributed by atoms with van der Waals surface area (Å²) in [6.07, 6.45) is 1.84. The predicted molar refractivity (Wildman–Crippen MR) is 55.9 cm³/mol. The van der Waals surface area contributed by atoms with E-state index in [9.17, 15) is 4.79 Å². The maximum absolute atomic E-state index is 10.5. The van der Waals surface area contributed by atoms with Crippen molar-refractivity contribution in [2.45, 2.75) is 5.16 Å². The molecule has 0 fully saturated rings. The number of nitrogen functional groups attached to an aromatic ring is 1. The first-order valence-corrected chi connectivity index (χ1v) is 5.05. The Bertz CT molecular complexity index is 343. The summed E-state index contributed by atoms with van der Waals surface area (Å²) in [5.41, 5.74) is 10.5. The van der Waals surface area contributed by atoms with Gasteiger partial charge in [-0.15, -0.1) is 0 Å². The van der Waals surface area contributed by atoms with Crippen LogP contribution in [0.1, 0.15) is 0 Å². The first kappa shape index (κ1) is 10.6. The lowest BCUT2D eigenvalue weighted by Gasteiger charge is -2.04. The van der Waals surface area contributed by atoms with E-state index in [1.54, 1.807) is 6.07 Å². The van der Waals surface area contributed by atoms with E-state index in [0.717, 1.165) is 0 Å². The van der Waals surface area contributed by atoms with Crippen LogP contribution < -0.4 is 16.8 Å². The third-order valence-corrected chi connectivity index (χ3v) is 1.90. The second kappa shape index (κ2) is 4.66. The van der Waals surface area contributed by atoms with Gasteiger partial charge in [0.2, 0.25) is 5.91 Å². The van der Waals surface area contributed by atoms with E-state index in [1.165, 1.54) is 11.8 Å². The molecule has 0 saturated heterocycles. The topological polar surface area (TPSA) is 107 Å². The highest BCUT2D eigenvalue weighted by molar-refractivity contribution is 7.98. The fraction of sp³-hybridized carbons (Fsp3) is 0.286. The lowest BCUT2D eigenvalue weighted by Crippen LogP contribution is -2.22. The van der Waals surface area contributed by atoms with Gasteiger partial charge in [-0.1, -0.05) is 11.8 Å². The highest BCUT2D eigenvalue weighted by atomic mass is 32.2. The lowest BCUT2D eigenvalue weighted by atomic mass is 10.5. The summed E-state index contributed by atoms with van der Waals surface area (Å²) >= 11 is 1.37. The number of carbonyl (C=O) groups is 1. The zero-order chi connectivity index (χ0) is 10.6. The average Bonchev–Trinajstić information content (AvgIpc) is 2.14. The van der Waals surface area contributed by atoms with Crippen LogP contribution in [0.5, 0.6) is 0 Å². The molecule has 0 spiro atoms. The highest BCUT2D eigenvalue weighted by Gasteiger charge is 2.01. The molecular weight excluding hydrogens is 202 g/mol. The number of hydrogen-bond acceptors (Lipinski definition) is 6. The summed E-state index contributed by atoms with van der Waals surface area (Å²) in [7, 11) is 0. The number of nitrogens with zero attached hydrogens (tertiary/aromatic N) is 2. The first-order valence-electron chi connectivity index (χ1n) is 3.82. The molecule has 1 heterocycles. The van der Waals surface area contributed by atoms with E-state index in [4.69, 9.17) is 11.5 Å². The Morgan fingerprint density at radius 2 is 2.36 bits per heavy atom. The Kier molecular flexibility index (Phi) is 3.52. The number of amides is 1. The zero-order valence-corrected chi connectivity index (χ0v) is 8.47. The Balaban J connectivity index is 2.76. The fourth-order valence-corrected chi connectivity index (χ4v) is 1.19. The molecule has 5 N–H and O–H groups in total. The lowest BCUT2D eigenvalue weighted by molar-refractivity contribution is -0.116. The second-order valence-electron chi connectivity index (χ2n) is 2.48. The Morgan fingerprint density at radius 3 is 2.93 bits per heavy atom. The molecule has 1 rings (SSSR count). The fourth-order valence-electron chi connectivity index (χ4n) is 0.803. The number of nitrogens with one attached hydrogen (secondary N) is 1. The highest BCUT2D eigenvalue weighted by Crippen LogP contribution is 2.14. The van der Waals surface area contributed by atoms with E-state index in [1.807, 2.05) is 6.26 Å². The quantitative estimate of drug-likeness (QED) is 0.467. The van der Waals surface area contributed by atoms with Crippen LogP contribution in [0.15, 0.2) is 11.2 Å². The molecule has 0 atom stereocenters. The van der Waals surface area contributed by atoms with Crippen LogP contribution >= 0.6 is 11.8 Å². The molecule has 6 nitrogen and oxygen atoms in total. The van der Waals surface area contributed by atoms with Crippen molar-refractivity contribution in [2.24, 2.45) is 5.73 Å². The largest absolute Gasteiger partial charge is 0.383 e. The minimum atomic E-state index is -0.451. The third kappa shape index (κ3) is 3.09. The van der Waals surface area contributed by atoms with Crippen molar-refractivity contribution in [1.82, 2.24) is 9.97 Å². The molecule has 0 aliphatic carbocycles. The Labute approximate surface area is 85.5 Å². The predicted octanol–water partition coefficient (Wildman–Crippen LogP) is -0.322. The van der Waals surface area contributed by atoms with Crippen molar-refractivity contribution in [3.63, 3.8) is 0 Å². The van der Waals surface area contributed by atoms with Crippen molar-refractivity contribution in [2.75, 3.05) is 23.9 Å². The smallest absolute Gasteiger partial charge is 0.236 e. The van der Waals surface area contributed by atoms with E-state index in [0.29, 0.717) is 16.8 Å². The van der Waals surface area contributed by atoms with Gasteiger partial charge in [0.15, 0.2) is 5.16 Å². The summed E-state index contributed by atoms with van der Waals surface area (Å²) < 4.78 is 0. The molecule has 76 valence electrons. The number of hydrogen-bond donors (Lipinski definition) is 3. The zero-order valence-electron chi connectivity index (χ0n) is 7.65. The van der Waals surface area contributed by atoms with Crippen molar-refractivity contribution < 1.29 is 4.79 Å². The van der Waals surface area contributed by atoms with Crippen molar-refractivity contribution in [3.05, 3.63) is 6.07 Å². The van der Waals surface area contributed by atoms with Crippen molar-refractivity contribution >= 4 is 29.3 Å². The van der Waals surface area contributed by atoms with Crippen LogP contribution in [0.4, 0.5) is 11.6 Å². The molecule has 0 aromatic carbocycles. The second-order valence-corrected chi connectivity index (χ2v) is 3.26. The van der Waals surface area contributed by atoms with Crippen LogP contribution in [0.25, 0.3) is 0 Å². The van der Waals surface area contributed by atoms with E-state index in [-0.39, 0.29) is 6.54 Å². The van der Waals surface area contributed by atoms with Gasteiger partial charge in [0.25, 0.3) is 0 Å². The summed E-state index contributed by atoms with van der Waals surface area (Å²) in [6.45, 7) is 0.0320. The van der Waals surface area contributed by atoms with Gasteiger partial charge >= 0.3 is 0 Å². The van der Waals surface area contributed by atoms with Crippen molar-refractivity contribution in [1.29, 1.82) is 0 Å². The molecule has 0 radical (unpaired) electrons. The number of thioether (sulfide) groups is 1. The molecule has 14 heavy (non-hydrogen) atoms. The normalized spacial score (nSPS) is 9.79. The minimum absolute atomic E-state index is 0.0320. The van der Waals surface area contributed by atoms with Gasteiger partial charge in [0.05, 0.1) is 6.54 Å². The van der Waals surface area contributed by atoms with Gasteiger partial charge in [0.1, 0.15) is 11.6 Å². The number of anilines is 2. The summed E-state index contributed by atoms with van der Waals surface area (Å²) in [5, 5.41) is 3.29. The number of carbonyl (C=O) groups excluding carboxylic acids is 1. The third-order valence-electron chi connectivity index (χ3n) is 1.35. The SMILES string of the molecule is CSc1nc(N)cc(NCC(N)=O)n1. The number of aromatic nitrogens is 2. The average molecular weight is 213 g/mol.